The Bertz CT molecular complexity index is 620. The highest BCUT2D eigenvalue weighted by Crippen LogP contribution is 2.19. The maximum absolute atomic E-state index is 9.54. The third kappa shape index (κ3) is 4.23. The quantitative estimate of drug-likeness (QED) is 0.710. The summed E-state index contributed by atoms with van der Waals surface area (Å²) >= 11 is 0. The molecule has 0 bridgehead atoms. The molecule has 0 aliphatic heterocycles. The van der Waals surface area contributed by atoms with Crippen molar-refractivity contribution in [1.82, 2.24) is 0 Å². The lowest BCUT2D eigenvalue weighted by Crippen LogP contribution is -2.26. The highest BCUT2D eigenvalue weighted by atomic mass is 16.3. The summed E-state index contributed by atoms with van der Waals surface area (Å²) in [6.45, 7) is 0.0346. The first-order valence-corrected chi connectivity index (χ1v) is 6.89. The monoisotopic (exact) mass is 281 g/mol. The number of hydrogen-bond donors (Lipinski definition) is 3. The van der Waals surface area contributed by atoms with Crippen molar-refractivity contribution in [3.05, 3.63) is 59.7 Å². The molecule has 0 spiro atoms. The van der Waals surface area contributed by atoms with E-state index in [4.69, 9.17) is 11.0 Å². The van der Waals surface area contributed by atoms with Gasteiger partial charge in [0.05, 0.1) is 25.1 Å². The van der Waals surface area contributed by atoms with Gasteiger partial charge in [-0.25, -0.2) is 0 Å². The largest absolute Gasteiger partial charge is 0.398 e. The van der Waals surface area contributed by atoms with E-state index in [1.165, 1.54) is 0 Å². The fourth-order valence-electron chi connectivity index (χ4n) is 2.23. The van der Waals surface area contributed by atoms with Crippen LogP contribution in [0.1, 0.15) is 11.1 Å². The number of rotatable bonds is 6. The molecule has 4 heteroatoms. The van der Waals surface area contributed by atoms with Crippen LogP contribution in [-0.2, 0) is 12.8 Å². The SMILES string of the molecule is N#CCc1cc(NC(CO)Cc2ccccc2)ccc1N. The van der Waals surface area contributed by atoms with Crippen LogP contribution in [0, 0.1) is 11.3 Å². The van der Waals surface area contributed by atoms with Crippen molar-refractivity contribution in [3.63, 3.8) is 0 Å². The first-order chi connectivity index (χ1) is 10.2. The van der Waals surface area contributed by atoms with Crippen LogP contribution < -0.4 is 11.1 Å². The molecule has 0 aromatic heterocycles. The molecule has 4 nitrogen and oxygen atoms in total. The minimum absolute atomic E-state index is 0.0346. The van der Waals surface area contributed by atoms with Crippen LogP contribution in [0.3, 0.4) is 0 Å². The summed E-state index contributed by atoms with van der Waals surface area (Å²) < 4.78 is 0. The topological polar surface area (TPSA) is 82.1 Å². The smallest absolute Gasteiger partial charge is 0.0670 e. The van der Waals surface area contributed by atoms with Crippen molar-refractivity contribution in [2.45, 2.75) is 18.9 Å². The van der Waals surface area contributed by atoms with Crippen molar-refractivity contribution in [1.29, 1.82) is 5.26 Å². The molecule has 0 fully saturated rings. The fraction of sp³-hybridized carbons (Fsp3) is 0.235. The van der Waals surface area contributed by atoms with E-state index in [0.29, 0.717) is 5.69 Å². The Labute approximate surface area is 124 Å². The van der Waals surface area contributed by atoms with Gasteiger partial charge in [-0.15, -0.1) is 0 Å². The van der Waals surface area contributed by atoms with Crippen molar-refractivity contribution < 1.29 is 5.11 Å². The summed E-state index contributed by atoms with van der Waals surface area (Å²) in [5.41, 5.74) is 9.28. The molecular formula is C17H19N3O. The Hall–Kier alpha value is -2.51. The average molecular weight is 281 g/mol. The summed E-state index contributed by atoms with van der Waals surface area (Å²) in [6.07, 6.45) is 1.01. The highest BCUT2D eigenvalue weighted by Gasteiger charge is 2.09. The van der Waals surface area contributed by atoms with Crippen molar-refractivity contribution in [3.8, 4) is 6.07 Å². The van der Waals surface area contributed by atoms with Gasteiger partial charge in [-0.2, -0.15) is 5.26 Å². The summed E-state index contributed by atoms with van der Waals surface area (Å²) in [5.74, 6) is 0. The first-order valence-electron chi connectivity index (χ1n) is 6.89. The Balaban J connectivity index is 2.08. The van der Waals surface area contributed by atoms with Gasteiger partial charge >= 0.3 is 0 Å². The number of aliphatic hydroxyl groups is 1. The second-order valence-electron chi connectivity index (χ2n) is 4.96. The highest BCUT2D eigenvalue weighted by molar-refractivity contribution is 5.58. The minimum atomic E-state index is -0.0778. The first kappa shape index (κ1) is 14.9. The number of nitrogens with one attached hydrogen (secondary N) is 1. The molecule has 2 rings (SSSR count). The van der Waals surface area contributed by atoms with Gasteiger partial charge in [-0.1, -0.05) is 30.3 Å². The fourth-order valence-corrected chi connectivity index (χ4v) is 2.23. The van der Waals surface area contributed by atoms with Crippen LogP contribution in [0.15, 0.2) is 48.5 Å². The predicted molar refractivity (Wildman–Crippen MR) is 84.8 cm³/mol. The van der Waals surface area contributed by atoms with Gasteiger partial charge in [0, 0.05) is 11.4 Å². The van der Waals surface area contributed by atoms with Gasteiger partial charge in [0.25, 0.3) is 0 Å². The van der Waals surface area contributed by atoms with Crippen LogP contribution in [0.2, 0.25) is 0 Å². The van der Waals surface area contributed by atoms with Crippen LogP contribution in [0.5, 0.6) is 0 Å². The van der Waals surface area contributed by atoms with Crippen molar-refractivity contribution in [2.24, 2.45) is 0 Å². The maximum Gasteiger partial charge on any atom is 0.0670 e. The number of anilines is 2. The Morgan fingerprint density at radius 2 is 1.95 bits per heavy atom. The minimum Gasteiger partial charge on any atom is -0.398 e. The molecule has 0 saturated carbocycles. The van der Waals surface area contributed by atoms with E-state index in [0.717, 1.165) is 23.2 Å². The molecule has 0 amide bonds. The number of hydrogen-bond acceptors (Lipinski definition) is 4. The van der Waals surface area contributed by atoms with Crippen LogP contribution in [0.4, 0.5) is 11.4 Å². The maximum atomic E-state index is 9.54. The lowest BCUT2D eigenvalue weighted by molar-refractivity contribution is 0.273. The molecule has 0 radical (unpaired) electrons. The molecule has 2 aromatic carbocycles. The number of nitrogen functional groups attached to an aromatic ring is 1. The standard InChI is InChI=1S/C17H19N3O/c18-9-8-14-11-15(6-7-17(14)19)20-16(12-21)10-13-4-2-1-3-5-13/h1-7,11,16,20-21H,8,10,12,19H2. The van der Waals surface area contributed by atoms with Gasteiger partial charge in [0.1, 0.15) is 0 Å². The summed E-state index contributed by atoms with van der Waals surface area (Å²) in [5, 5.41) is 21.6. The Kier molecular flexibility index (Phi) is 5.19. The zero-order chi connectivity index (χ0) is 15.1. The lowest BCUT2D eigenvalue weighted by Gasteiger charge is -2.18. The van der Waals surface area contributed by atoms with E-state index in [2.05, 4.69) is 11.4 Å². The second kappa shape index (κ2) is 7.32. The van der Waals surface area contributed by atoms with Gasteiger partial charge in [0.2, 0.25) is 0 Å². The zero-order valence-corrected chi connectivity index (χ0v) is 11.8. The number of aliphatic hydroxyl groups excluding tert-OH is 1. The molecule has 1 unspecified atom stereocenters. The summed E-state index contributed by atoms with van der Waals surface area (Å²) in [4.78, 5) is 0. The molecule has 0 heterocycles. The summed E-state index contributed by atoms with van der Waals surface area (Å²) in [7, 11) is 0. The second-order valence-corrected chi connectivity index (χ2v) is 4.96. The number of nitrogens with two attached hydrogens (primary N) is 1. The number of nitrogens with zero attached hydrogens (tertiary/aromatic N) is 1. The zero-order valence-electron chi connectivity index (χ0n) is 11.8. The van der Waals surface area contributed by atoms with Crippen molar-refractivity contribution in [2.75, 3.05) is 17.7 Å². The lowest BCUT2D eigenvalue weighted by atomic mass is 10.1. The Morgan fingerprint density at radius 3 is 2.62 bits per heavy atom. The van der Waals surface area contributed by atoms with E-state index in [-0.39, 0.29) is 19.1 Å². The van der Waals surface area contributed by atoms with Gasteiger partial charge < -0.3 is 16.2 Å². The molecule has 0 aliphatic rings. The summed E-state index contributed by atoms with van der Waals surface area (Å²) in [6, 6.07) is 17.6. The molecule has 108 valence electrons. The molecular weight excluding hydrogens is 262 g/mol. The number of benzene rings is 2. The molecule has 0 aliphatic carbocycles. The van der Waals surface area contributed by atoms with Crippen LogP contribution in [0.25, 0.3) is 0 Å². The van der Waals surface area contributed by atoms with E-state index in [9.17, 15) is 5.11 Å². The molecule has 0 saturated heterocycles. The predicted octanol–water partition coefficient (Wildman–Crippen LogP) is 2.35. The van der Waals surface area contributed by atoms with Gasteiger partial charge in [0.15, 0.2) is 0 Å². The van der Waals surface area contributed by atoms with Crippen molar-refractivity contribution >= 4 is 11.4 Å². The van der Waals surface area contributed by atoms with E-state index < -0.39 is 0 Å². The number of nitriles is 1. The van der Waals surface area contributed by atoms with Crippen LogP contribution >= 0.6 is 0 Å². The normalized spacial score (nSPS) is 11.6. The van der Waals surface area contributed by atoms with E-state index >= 15 is 0 Å². The third-order valence-electron chi connectivity index (χ3n) is 3.33. The third-order valence-corrected chi connectivity index (χ3v) is 3.33. The Morgan fingerprint density at radius 1 is 1.19 bits per heavy atom. The van der Waals surface area contributed by atoms with E-state index in [1.54, 1.807) is 6.07 Å². The van der Waals surface area contributed by atoms with Gasteiger partial charge in [-0.3, -0.25) is 0 Å². The molecule has 2 aromatic rings. The van der Waals surface area contributed by atoms with E-state index in [1.807, 2.05) is 42.5 Å². The average Bonchev–Trinajstić information content (AvgIpc) is 2.51. The molecule has 21 heavy (non-hydrogen) atoms. The van der Waals surface area contributed by atoms with Gasteiger partial charge in [-0.05, 0) is 35.7 Å². The molecule has 4 N–H and O–H groups in total. The van der Waals surface area contributed by atoms with Crippen LogP contribution in [-0.4, -0.2) is 17.8 Å². The molecule has 1 atom stereocenters.